The van der Waals surface area contributed by atoms with E-state index in [0.29, 0.717) is 0 Å². The number of nitrogens with zero attached hydrogens (tertiary/aromatic N) is 4. The molecular formula is C6H12Br2N4. The highest BCUT2D eigenvalue weighted by molar-refractivity contribution is 9.93. The van der Waals surface area contributed by atoms with Crippen LogP contribution >= 0.6 is 28.3 Å². The summed E-state index contributed by atoms with van der Waals surface area (Å²) < 4.78 is 0. The van der Waals surface area contributed by atoms with Crippen LogP contribution in [0.4, 0.5) is 0 Å². The molecule has 4 heterocycles. The van der Waals surface area contributed by atoms with E-state index in [0.717, 1.165) is 0 Å². The predicted molar refractivity (Wildman–Crippen MR) is 54.4 cm³/mol. The Labute approximate surface area is 87.9 Å². The van der Waals surface area contributed by atoms with Crippen LogP contribution in [0.15, 0.2) is 0 Å². The molecule has 4 saturated heterocycles. The van der Waals surface area contributed by atoms with Crippen LogP contribution in [0.25, 0.3) is 0 Å². The SMILES string of the molecule is BrBr.C1N2CN3CN1CN(C2)C3. The summed E-state index contributed by atoms with van der Waals surface area (Å²) in [5.41, 5.74) is 0. The number of hydrogen-bond acceptors (Lipinski definition) is 4. The van der Waals surface area contributed by atoms with Crippen LogP contribution in [0.5, 0.6) is 0 Å². The van der Waals surface area contributed by atoms with E-state index < -0.39 is 0 Å². The molecule has 0 aromatic carbocycles. The van der Waals surface area contributed by atoms with Gasteiger partial charge < -0.3 is 0 Å². The van der Waals surface area contributed by atoms with Crippen LogP contribution in [0.3, 0.4) is 0 Å². The molecule has 6 heteroatoms. The fourth-order valence-corrected chi connectivity index (χ4v) is 2.23. The van der Waals surface area contributed by atoms with Crippen LogP contribution in [-0.4, -0.2) is 59.6 Å². The third-order valence-corrected chi connectivity index (χ3v) is 2.40. The second-order valence-corrected chi connectivity index (χ2v) is 3.53. The minimum absolute atomic E-state index is 1.19. The van der Waals surface area contributed by atoms with E-state index in [1.807, 2.05) is 0 Å². The molecule has 70 valence electrons. The summed E-state index contributed by atoms with van der Waals surface area (Å²) in [4.78, 5) is 9.88. The maximum absolute atomic E-state index is 2.75. The molecule has 0 aromatic heterocycles. The first-order chi connectivity index (χ1) is 5.90. The molecule has 4 fully saturated rings. The lowest BCUT2D eigenvalue weighted by Crippen LogP contribution is -2.71. The molecule has 0 aliphatic carbocycles. The monoisotopic (exact) mass is 298 g/mol. The molecule has 0 saturated carbocycles. The van der Waals surface area contributed by atoms with Gasteiger partial charge in [-0.25, -0.2) is 0 Å². The van der Waals surface area contributed by atoms with Crippen molar-refractivity contribution in [1.29, 1.82) is 0 Å². The maximum atomic E-state index is 2.75. The van der Waals surface area contributed by atoms with Gasteiger partial charge in [0.05, 0.1) is 40.0 Å². The van der Waals surface area contributed by atoms with Gasteiger partial charge in [-0.15, -0.1) is 0 Å². The van der Waals surface area contributed by atoms with Crippen LogP contribution < -0.4 is 0 Å². The summed E-state index contributed by atoms with van der Waals surface area (Å²) in [6, 6.07) is 0. The van der Waals surface area contributed by atoms with Gasteiger partial charge in [-0.2, -0.15) is 0 Å². The van der Waals surface area contributed by atoms with Gasteiger partial charge >= 0.3 is 0 Å². The lowest BCUT2D eigenvalue weighted by molar-refractivity contribution is -0.194. The van der Waals surface area contributed by atoms with E-state index in [2.05, 4.69) is 47.9 Å². The highest BCUT2D eigenvalue weighted by Crippen LogP contribution is 2.20. The van der Waals surface area contributed by atoms with Gasteiger partial charge in [-0.3, -0.25) is 19.6 Å². The summed E-state index contributed by atoms with van der Waals surface area (Å²) in [5, 5.41) is 0. The molecule has 4 aliphatic rings. The largest absolute Gasteiger partial charge is 0.264 e. The van der Waals surface area contributed by atoms with Gasteiger partial charge in [-0.05, 0) is 0 Å². The van der Waals surface area contributed by atoms with E-state index >= 15 is 0 Å². The Morgan fingerprint density at radius 1 is 0.500 bits per heavy atom. The summed E-state index contributed by atoms with van der Waals surface area (Å²) in [6.07, 6.45) is 0. The average molecular weight is 300 g/mol. The van der Waals surface area contributed by atoms with Crippen molar-refractivity contribution in [2.75, 3.05) is 40.0 Å². The Hall–Kier alpha value is 0.800. The molecule has 0 radical (unpaired) electrons. The van der Waals surface area contributed by atoms with Gasteiger partial charge in [0.15, 0.2) is 0 Å². The van der Waals surface area contributed by atoms with Gasteiger partial charge in [-0.1, -0.05) is 0 Å². The quantitative estimate of drug-likeness (QED) is 0.652. The highest BCUT2D eigenvalue weighted by atomic mass is 80.9. The number of hydrogen-bond donors (Lipinski definition) is 0. The molecule has 4 aliphatic heterocycles. The zero-order valence-electron chi connectivity index (χ0n) is 6.79. The van der Waals surface area contributed by atoms with Crippen molar-refractivity contribution < 1.29 is 0 Å². The van der Waals surface area contributed by atoms with Crippen molar-refractivity contribution in [2.45, 2.75) is 0 Å². The third-order valence-electron chi connectivity index (χ3n) is 2.40. The fraction of sp³-hybridized carbons (Fsp3) is 1.00. The third kappa shape index (κ3) is 1.69. The summed E-state index contributed by atoms with van der Waals surface area (Å²) in [7, 11) is 0. The standard InChI is InChI=1S/C6H12N4.Br2/c1-7-2-9-4-8(1)5-10(3-7)6-9;1-2/h1-6H2;. The van der Waals surface area contributed by atoms with E-state index in [9.17, 15) is 0 Å². The zero-order chi connectivity index (χ0) is 8.55. The maximum Gasteiger partial charge on any atom is 0.0555 e. The molecule has 0 unspecified atom stereocenters. The fourth-order valence-electron chi connectivity index (χ4n) is 2.23. The molecule has 0 spiro atoms. The molecule has 4 bridgehead atoms. The van der Waals surface area contributed by atoms with Crippen molar-refractivity contribution in [2.24, 2.45) is 0 Å². The van der Waals surface area contributed by atoms with Crippen molar-refractivity contribution in [1.82, 2.24) is 19.6 Å². The number of halogens is 2. The lowest BCUT2D eigenvalue weighted by atomic mass is 10.4. The Bertz CT molecular complexity index is 109. The smallest absolute Gasteiger partial charge is 0.0555 e. The van der Waals surface area contributed by atoms with Crippen molar-refractivity contribution in [3.8, 4) is 0 Å². The molecule has 0 amide bonds. The van der Waals surface area contributed by atoms with Gasteiger partial charge in [0.1, 0.15) is 0 Å². The molecule has 4 nitrogen and oxygen atoms in total. The minimum atomic E-state index is 1.19. The van der Waals surface area contributed by atoms with Crippen molar-refractivity contribution in [3.63, 3.8) is 0 Å². The summed E-state index contributed by atoms with van der Waals surface area (Å²) in [5.74, 6) is 0. The number of rotatable bonds is 0. The molecule has 4 rings (SSSR count). The Morgan fingerprint density at radius 2 is 0.667 bits per heavy atom. The van der Waals surface area contributed by atoms with Crippen molar-refractivity contribution >= 4 is 28.3 Å². The summed E-state index contributed by atoms with van der Waals surface area (Å²) >= 11 is 5.50. The second kappa shape index (κ2) is 3.89. The average Bonchev–Trinajstić information content (AvgIpc) is 2.05. The zero-order valence-corrected chi connectivity index (χ0v) is 9.96. The van der Waals surface area contributed by atoms with E-state index in [4.69, 9.17) is 0 Å². The Kier molecular flexibility index (Phi) is 3.04. The highest BCUT2D eigenvalue weighted by Gasteiger charge is 2.36. The molecule has 12 heavy (non-hydrogen) atoms. The van der Waals surface area contributed by atoms with Crippen LogP contribution in [-0.2, 0) is 0 Å². The second-order valence-electron chi connectivity index (χ2n) is 3.53. The molecule has 0 N–H and O–H groups in total. The molecule has 0 atom stereocenters. The van der Waals surface area contributed by atoms with Crippen LogP contribution in [0.1, 0.15) is 0 Å². The van der Waals surface area contributed by atoms with Crippen LogP contribution in [0, 0.1) is 0 Å². The van der Waals surface area contributed by atoms with E-state index in [-0.39, 0.29) is 0 Å². The predicted octanol–water partition coefficient (Wildman–Crippen LogP) is 0.671. The lowest BCUT2D eigenvalue weighted by Gasteiger charge is -2.56. The minimum Gasteiger partial charge on any atom is -0.264 e. The van der Waals surface area contributed by atoms with Gasteiger partial charge in [0.25, 0.3) is 0 Å². The molecule has 0 aromatic rings. The first-order valence-electron chi connectivity index (χ1n) is 3.94. The Balaban J connectivity index is 0.000000264. The van der Waals surface area contributed by atoms with E-state index in [1.54, 1.807) is 0 Å². The van der Waals surface area contributed by atoms with Crippen LogP contribution in [0.2, 0.25) is 0 Å². The van der Waals surface area contributed by atoms with Crippen molar-refractivity contribution in [3.05, 3.63) is 0 Å². The normalized spacial score (nSPS) is 48.5. The first kappa shape index (κ1) is 9.36. The topological polar surface area (TPSA) is 13.0 Å². The summed E-state index contributed by atoms with van der Waals surface area (Å²) in [6.45, 7) is 7.12. The molecular weight excluding hydrogens is 288 g/mol. The Morgan fingerprint density at radius 3 is 0.833 bits per heavy atom. The van der Waals surface area contributed by atoms with Gasteiger partial charge in [0.2, 0.25) is 0 Å². The van der Waals surface area contributed by atoms with Gasteiger partial charge in [0, 0.05) is 28.3 Å². The first-order valence-corrected chi connectivity index (χ1v) is 7.65. The van der Waals surface area contributed by atoms with E-state index in [1.165, 1.54) is 40.0 Å².